The van der Waals surface area contributed by atoms with Gasteiger partial charge in [0.05, 0.1) is 4.90 Å². The van der Waals surface area contributed by atoms with Crippen LogP contribution in [0.1, 0.15) is 11.1 Å². The van der Waals surface area contributed by atoms with Gasteiger partial charge >= 0.3 is 0 Å². The first kappa shape index (κ1) is 12.8. The third-order valence-electron chi connectivity index (χ3n) is 2.21. The van der Waals surface area contributed by atoms with Crippen molar-refractivity contribution in [2.45, 2.75) is 18.7 Å². The fraction of sp³-hybridized carbons (Fsp3) is 0.222. The molecule has 0 saturated carbocycles. The summed E-state index contributed by atoms with van der Waals surface area (Å²) in [5.41, 5.74) is 0.662. The van der Waals surface area contributed by atoms with Gasteiger partial charge in [-0.3, -0.25) is 4.72 Å². The fourth-order valence-corrected chi connectivity index (χ4v) is 3.70. The average Bonchev–Trinajstić information content (AvgIpc) is 2.66. The highest BCUT2D eigenvalue weighted by atomic mass is 32.2. The summed E-state index contributed by atoms with van der Waals surface area (Å²) >= 11 is 0.823. The SMILES string of the molecule is Cc1cc(F)cc(C)c1S(=O)(=O)Nc1nnns1. The number of aromatic nitrogens is 3. The summed E-state index contributed by atoms with van der Waals surface area (Å²) < 4.78 is 43.1. The van der Waals surface area contributed by atoms with Crippen molar-refractivity contribution in [2.75, 3.05) is 4.72 Å². The number of nitrogens with one attached hydrogen (secondary N) is 1. The Bertz CT molecular complexity index is 647. The van der Waals surface area contributed by atoms with Crippen molar-refractivity contribution >= 4 is 26.7 Å². The van der Waals surface area contributed by atoms with Gasteiger partial charge < -0.3 is 0 Å². The number of nitrogens with zero attached hydrogens (tertiary/aromatic N) is 3. The summed E-state index contributed by atoms with van der Waals surface area (Å²) in [5.74, 6) is -0.471. The third kappa shape index (κ3) is 2.46. The number of aryl methyl sites for hydroxylation is 2. The second-order valence-electron chi connectivity index (χ2n) is 3.64. The maximum Gasteiger partial charge on any atom is 0.264 e. The maximum absolute atomic E-state index is 13.1. The van der Waals surface area contributed by atoms with Crippen LogP contribution in [0, 0.1) is 19.7 Å². The van der Waals surface area contributed by atoms with Crippen molar-refractivity contribution in [3.63, 3.8) is 0 Å². The summed E-state index contributed by atoms with van der Waals surface area (Å²) in [6, 6.07) is 2.33. The molecule has 0 amide bonds. The molecule has 96 valence electrons. The maximum atomic E-state index is 13.1. The number of hydrogen-bond acceptors (Lipinski definition) is 6. The quantitative estimate of drug-likeness (QED) is 0.925. The van der Waals surface area contributed by atoms with Gasteiger partial charge in [0, 0.05) is 11.5 Å². The van der Waals surface area contributed by atoms with E-state index >= 15 is 0 Å². The second-order valence-corrected chi connectivity index (χ2v) is 5.99. The van der Waals surface area contributed by atoms with Crippen LogP contribution in [-0.2, 0) is 10.0 Å². The minimum Gasteiger partial charge on any atom is -0.252 e. The van der Waals surface area contributed by atoms with Crippen molar-refractivity contribution in [1.82, 2.24) is 14.8 Å². The number of anilines is 1. The van der Waals surface area contributed by atoms with Gasteiger partial charge in [0.25, 0.3) is 10.0 Å². The molecule has 0 saturated heterocycles. The molecular weight excluding hydrogens is 279 g/mol. The van der Waals surface area contributed by atoms with E-state index in [1.165, 1.54) is 26.0 Å². The van der Waals surface area contributed by atoms with Crippen LogP contribution in [0.5, 0.6) is 0 Å². The molecule has 1 aromatic heterocycles. The highest BCUT2D eigenvalue weighted by Gasteiger charge is 2.21. The van der Waals surface area contributed by atoms with Crippen LogP contribution in [0.25, 0.3) is 0 Å². The lowest BCUT2D eigenvalue weighted by atomic mass is 10.1. The largest absolute Gasteiger partial charge is 0.264 e. The highest BCUT2D eigenvalue weighted by molar-refractivity contribution is 7.93. The summed E-state index contributed by atoms with van der Waals surface area (Å²) in [6.45, 7) is 3.06. The number of hydrogen-bond donors (Lipinski definition) is 1. The zero-order chi connectivity index (χ0) is 13.3. The highest BCUT2D eigenvalue weighted by Crippen LogP contribution is 2.23. The molecule has 1 N–H and O–H groups in total. The summed E-state index contributed by atoms with van der Waals surface area (Å²) in [5, 5.41) is 6.86. The van der Waals surface area contributed by atoms with Gasteiger partial charge in [0.1, 0.15) is 5.82 Å². The molecule has 0 atom stereocenters. The molecule has 0 aliphatic rings. The lowest BCUT2D eigenvalue weighted by Gasteiger charge is -2.10. The predicted molar refractivity (Wildman–Crippen MR) is 64.4 cm³/mol. The van der Waals surface area contributed by atoms with E-state index in [4.69, 9.17) is 0 Å². The van der Waals surface area contributed by atoms with Crippen molar-refractivity contribution in [2.24, 2.45) is 0 Å². The van der Waals surface area contributed by atoms with E-state index in [9.17, 15) is 12.8 Å². The van der Waals surface area contributed by atoms with Crippen molar-refractivity contribution in [3.8, 4) is 0 Å². The van der Waals surface area contributed by atoms with Crippen LogP contribution < -0.4 is 4.72 Å². The number of benzene rings is 1. The Morgan fingerprint density at radius 2 is 1.89 bits per heavy atom. The molecular formula is C9H9FN4O2S2. The molecule has 18 heavy (non-hydrogen) atoms. The van der Waals surface area contributed by atoms with Crippen LogP contribution in [0.4, 0.5) is 9.52 Å². The zero-order valence-corrected chi connectivity index (χ0v) is 11.1. The van der Waals surface area contributed by atoms with E-state index < -0.39 is 15.8 Å². The molecule has 1 heterocycles. The topological polar surface area (TPSA) is 84.8 Å². The van der Waals surface area contributed by atoms with Crippen LogP contribution in [-0.4, -0.2) is 23.2 Å². The standard InChI is InChI=1S/C9H9FN4O2S2/c1-5-3-7(10)4-6(2)8(5)18(15,16)12-9-11-13-14-17-9/h3-4H,1-2H3,(H,11,12,14). The number of halogens is 1. The molecule has 9 heteroatoms. The second kappa shape index (κ2) is 4.58. The van der Waals surface area contributed by atoms with Crippen LogP contribution in [0.3, 0.4) is 0 Å². The van der Waals surface area contributed by atoms with Crippen molar-refractivity contribution in [1.29, 1.82) is 0 Å². The minimum atomic E-state index is -3.81. The van der Waals surface area contributed by atoms with Crippen LogP contribution in [0.15, 0.2) is 17.0 Å². The molecule has 0 fully saturated rings. The molecule has 0 spiro atoms. The van der Waals surface area contributed by atoms with Gasteiger partial charge in [-0.2, -0.15) is 0 Å². The molecule has 0 radical (unpaired) electrons. The number of rotatable bonds is 3. The number of sulfonamides is 1. The van der Waals surface area contributed by atoms with E-state index in [1.54, 1.807) is 0 Å². The minimum absolute atomic E-state index is 0.0408. The van der Waals surface area contributed by atoms with Crippen molar-refractivity contribution < 1.29 is 12.8 Å². The van der Waals surface area contributed by atoms with Crippen LogP contribution >= 0.6 is 11.5 Å². The van der Waals surface area contributed by atoms with E-state index in [2.05, 4.69) is 19.5 Å². The first-order valence-corrected chi connectivity index (χ1v) is 7.10. The van der Waals surface area contributed by atoms with Gasteiger partial charge in [-0.05, 0) is 42.3 Å². The predicted octanol–water partition coefficient (Wildman–Crippen LogP) is 1.49. The summed E-state index contributed by atoms with van der Waals surface area (Å²) in [6.07, 6.45) is 0. The molecule has 2 rings (SSSR count). The Labute approximate surface area is 107 Å². The van der Waals surface area contributed by atoms with Gasteiger partial charge in [0.2, 0.25) is 5.13 Å². The molecule has 0 aliphatic heterocycles. The normalized spacial score (nSPS) is 11.5. The Morgan fingerprint density at radius 1 is 1.28 bits per heavy atom. The van der Waals surface area contributed by atoms with Gasteiger partial charge in [0.15, 0.2) is 0 Å². The fourth-order valence-electron chi connectivity index (χ4n) is 1.66. The summed E-state index contributed by atoms with van der Waals surface area (Å²) in [7, 11) is -3.81. The Morgan fingerprint density at radius 3 is 2.39 bits per heavy atom. The first-order chi connectivity index (χ1) is 8.40. The van der Waals surface area contributed by atoms with Gasteiger partial charge in [-0.1, -0.05) is 9.59 Å². The Balaban J connectivity index is 2.48. The zero-order valence-electron chi connectivity index (χ0n) is 9.51. The first-order valence-electron chi connectivity index (χ1n) is 4.85. The van der Waals surface area contributed by atoms with E-state index in [1.807, 2.05) is 0 Å². The van der Waals surface area contributed by atoms with Gasteiger partial charge in [-0.25, -0.2) is 12.8 Å². The molecule has 1 aromatic carbocycles. The Hall–Kier alpha value is -1.61. The molecule has 2 aromatic rings. The van der Waals surface area contributed by atoms with E-state index in [-0.39, 0.29) is 10.0 Å². The van der Waals surface area contributed by atoms with E-state index in [0.29, 0.717) is 11.1 Å². The molecule has 6 nitrogen and oxygen atoms in total. The molecule has 0 aliphatic carbocycles. The molecule has 0 bridgehead atoms. The smallest absolute Gasteiger partial charge is 0.252 e. The lowest BCUT2D eigenvalue weighted by Crippen LogP contribution is -2.15. The summed E-state index contributed by atoms with van der Waals surface area (Å²) in [4.78, 5) is 0.0408. The lowest BCUT2D eigenvalue weighted by molar-refractivity contribution is 0.597. The Kier molecular flexibility index (Phi) is 3.26. The third-order valence-corrected chi connectivity index (χ3v) is 4.50. The monoisotopic (exact) mass is 288 g/mol. The van der Waals surface area contributed by atoms with Crippen LogP contribution in [0.2, 0.25) is 0 Å². The van der Waals surface area contributed by atoms with Crippen molar-refractivity contribution in [3.05, 3.63) is 29.1 Å². The molecule has 0 unspecified atom stereocenters. The average molecular weight is 288 g/mol. The van der Waals surface area contributed by atoms with E-state index in [0.717, 1.165) is 11.5 Å². The van der Waals surface area contributed by atoms with Gasteiger partial charge in [-0.15, -0.1) is 0 Å².